The zero-order chi connectivity index (χ0) is 11.9. The predicted octanol–water partition coefficient (Wildman–Crippen LogP) is -0.0872. The van der Waals surface area contributed by atoms with Gasteiger partial charge in [0.1, 0.15) is 5.82 Å². The Morgan fingerprint density at radius 3 is 2.56 bits per heavy atom. The summed E-state index contributed by atoms with van der Waals surface area (Å²) < 4.78 is 3.10. The van der Waals surface area contributed by atoms with Gasteiger partial charge in [-0.1, -0.05) is 6.92 Å². The molecule has 2 heterocycles. The first kappa shape index (κ1) is 10.7. The number of aryl methyl sites for hydroxylation is 3. The van der Waals surface area contributed by atoms with Crippen molar-refractivity contribution in [2.24, 2.45) is 14.1 Å². The van der Waals surface area contributed by atoms with Crippen LogP contribution in [0.15, 0.2) is 9.59 Å². The van der Waals surface area contributed by atoms with Crippen LogP contribution in [0.4, 0.5) is 0 Å². The molecule has 16 heavy (non-hydrogen) atoms. The highest BCUT2D eigenvalue weighted by atomic mass is 16.2. The molecule has 0 aromatic carbocycles. The predicted molar refractivity (Wildman–Crippen MR) is 60.6 cm³/mol. The van der Waals surface area contributed by atoms with Crippen LogP contribution in [0.3, 0.4) is 0 Å². The van der Waals surface area contributed by atoms with Gasteiger partial charge in [0, 0.05) is 20.5 Å². The maximum Gasteiger partial charge on any atom is 0.329 e. The number of nitrogens with one attached hydrogen (secondary N) is 1. The first-order chi connectivity index (χ1) is 7.56. The molecule has 86 valence electrons. The Kier molecular flexibility index (Phi) is 2.41. The average Bonchev–Trinajstić information content (AvgIpc) is 2.55. The van der Waals surface area contributed by atoms with Crippen LogP contribution in [0.25, 0.3) is 11.2 Å². The molecule has 0 aliphatic rings. The standard InChI is InChI=1S/C10H14N4O2/c1-4-5-6-11-8-7(13(6)2)9(15)12-10(16)14(8)3/h4-5H2,1-3H3,(H,12,15,16). The first-order valence-corrected chi connectivity index (χ1v) is 5.20. The minimum atomic E-state index is -0.432. The fraction of sp³-hybridized carbons (Fsp3) is 0.500. The van der Waals surface area contributed by atoms with Gasteiger partial charge in [-0.25, -0.2) is 9.78 Å². The molecule has 0 spiro atoms. The SMILES string of the molecule is CCCc1nc2c(c(=O)[nH]c(=O)n2C)n1C. The van der Waals surface area contributed by atoms with Crippen LogP contribution in [-0.4, -0.2) is 19.1 Å². The minimum Gasteiger partial charge on any atom is -0.325 e. The fourth-order valence-corrected chi connectivity index (χ4v) is 1.80. The van der Waals surface area contributed by atoms with Crippen LogP contribution < -0.4 is 11.2 Å². The van der Waals surface area contributed by atoms with Crippen molar-refractivity contribution < 1.29 is 0 Å². The normalized spacial score (nSPS) is 11.2. The molecular weight excluding hydrogens is 208 g/mol. The first-order valence-electron chi connectivity index (χ1n) is 5.20. The lowest BCUT2D eigenvalue weighted by atomic mass is 10.3. The lowest BCUT2D eigenvalue weighted by molar-refractivity contribution is 0.771. The summed E-state index contributed by atoms with van der Waals surface area (Å²) in [5.41, 5.74) is 0.0827. The summed E-state index contributed by atoms with van der Waals surface area (Å²) >= 11 is 0. The highest BCUT2D eigenvalue weighted by Gasteiger charge is 2.13. The molecule has 1 N–H and O–H groups in total. The van der Waals surface area contributed by atoms with Gasteiger partial charge in [-0.05, 0) is 6.42 Å². The van der Waals surface area contributed by atoms with E-state index < -0.39 is 5.69 Å². The Bertz CT molecular complexity index is 647. The summed E-state index contributed by atoms with van der Waals surface area (Å²) in [7, 11) is 3.39. The van der Waals surface area contributed by atoms with Gasteiger partial charge in [-0.3, -0.25) is 14.3 Å². The molecule has 2 rings (SSSR count). The molecule has 0 fully saturated rings. The van der Waals surface area contributed by atoms with E-state index >= 15 is 0 Å². The summed E-state index contributed by atoms with van der Waals surface area (Å²) in [4.78, 5) is 29.6. The van der Waals surface area contributed by atoms with Crippen LogP contribution in [0.5, 0.6) is 0 Å². The molecule has 0 aliphatic carbocycles. The number of aromatic amines is 1. The minimum absolute atomic E-state index is 0.379. The highest BCUT2D eigenvalue weighted by Crippen LogP contribution is 2.09. The Balaban J connectivity index is 2.91. The van der Waals surface area contributed by atoms with Gasteiger partial charge < -0.3 is 4.57 Å². The second-order valence-corrected chi connectivity index (χ2v) is 3.83. The zero-order valence-electron chi connectivity index (χ0n) is 9.57. The van der Waals surface area contributed by atoms with Crippen molar-refractivity contribution in [3.8, 4) is 0 Å². The van der Waals surface area contributed by atoms with Crippen LogP contribution in [0.1, 0.15) is 19.2 Å². The zero-order valence-corrected chi connectivity index (χ0v) is 9.57. The van der Waals surface area contributed by atoms with Crippen LogP contribution in [0, 0.1) is 0 Å². The maximum atomic E-state index is 11.7. The van der Waals surface area contributed by atoms with E-state index in [0.717, 1.165) is 18.7 Å². The Morgan fingerprint density at radius 1 is 1.25 bits per heavy atom. The quantitative estimate of drug-likeness (QED) is 0.772. The molecule has 0 unspecified atom stereocenters. The molecular formula is C10H14N4O2. The van der Waals surface area contributed by atoms with E-state index in [0.29, 0.717) is 11.2 Å². The van der Waals surface area contributed by atoms with Crippen LogP contribution in [-0.2, 0) is 20.5 Å². The third-order valence-corrected chi connectivity index (χ3v) is 2.70. The molecule has 0 aliphatic heterocycles. The van der Waals surface area contributed by atoms with Gasteiger partial charge >= 0.3 is 5.69 Å². The maximum absolute atomic E-state index is 11.7. The number of rotatable bonds is 2. The molecule has 2 aromatic heterocycles. The van der Waals surface area contributed by atoms with Crippen molar-refractivity contribution in [1.29, 1.82) is 0 Å². The Morgan fingerprint density at radius 2 is 1.94 bits per heavy atom. The topological polar surface area (TPSA) is 72.7 Å². The van der Waals surface area contributed by atoms with E-state index in [1.54, 1.807) is 18.7 Å². The number of nitrogens with zero attached hydrogens (tertiary/aromatic N) is 3. The van der Waals surface area contributed by atoms with Gasteiger partial charge in [0.2, 0.25) is 0 Å². The van der Waals surface area contributed by atoms with E-state index in [9.17, 15) is 9.59 Å². The third-order valence-electron chi connectivity index (χ3n) is 2.70. The molecule has 0 saturated heterocycles. The molecule has 2 aromatic rings. The molecule has 0 radical (unpaired) electrons. The highest BCUT2D eigenvalue weighted by molar-refractivity contribution is 5.70. The molecule has 0 atom stereocenters. The number of aromatic nitrogens is 4. The third kappa shape index (κ3) is 1.37. The van der Waals surface area contributed by atoms with E-state index in [1.165, 1.54) is 4.57 Å². The van der Waals surface area contributed by atoms with E-state index in [1.807, 2.05) is 6.92 Å². The van der Waals surface area contributed by atoms with Crippen LogP contribution >= 0.6 is 0 Å². The summed E-state index contributed by atoms with van der Waals surface area (Å²) in [5, 5.41) is 0. The molecule has 0 bridgehead atoms. The second-order valence-electron chi connectivity index (χ2n) is 3.83. The lowest BCUT2D eigenvalue weighted by Gasteiger charge is -1.99. The van der Waals surface area contributed by atoms with Crippen molar-refractivity contribution >= 4 is 11.2 Å². The van der Waals surface area contributed by atoms with E-state index in [4.69, 9.17) is 0 Å². The largest absolute Gasteiger partial charge is 0.329 e. The monoisotopic (exact) mass is 222 g/mol. The number of fused-ring (bicyclic) bond motifs is 1. The van der Waals surface area contributed by atoms with E-state index in [-0.39, 0.29) is 5.56 Å². The van der Waals surface area contributed by atoms with Gasteiger partial charge in [-0.2, -0.15) is 0 Å². The van der Waals surface area contributed by atoms with Crippen LogP contribution in [0.2, 0.25) is 0 Å². The van der Waals surface area contributed by atoms with Gasteiger partial charge in [0.25, 0.3) is 5.56 Å². The van der Waals surface area contributed by atoms with Gasteiger partial charge in [0.05, 0.1) is 0 Å². The van der Waals surface area contributed by atoms with Crippen molar-refractivity contribution in [3.05, 3.63) is 26.7 Å². The van der Waals surface area contributed by atoms with Crippen molar-refractivity contribution in [1.82, 2.24) is 19.1 Å². The number of hydrogen-bond acceptors (Lipinski definition) is 3. The van der Waals surface area contributed by atoms with Gasteiger partial charge in [-0.15, -0.1) is 0 Å². The second kappa shape index (κ2) is 3.62. The smallest absolute Gasteiger partial charge is 0.325 e. The fourth-order valence-electron chi connectivity index (χ4n) is 1.80. The summed E-state index contributed by atoms with van der Waals surface area (Å²) in [5.74, 6) is 0.823. The Hall–Kier alpha value is -1.85. The Labute approximate surface area is 91.5 Å². The number of hydrogen-bond donors (Lipinski definition) is 1. The summed E-state index contributed by atoms with van der Waals surface area (Å²) in [6.45, 7) is 2.04. The summed E-state index contributed by atoms with van der Waals surface area (Å²) in [6, 6.07) is 0. The molecule has 0 saturated carbocycles. The molecule has 6 heteroatoms. The van der Waals surface area contributed by atoms with Gasteiger partial charge in [0.15, 0.2) is 11.2 Å². The van der Waals surface area contributed by atoms with Crippen molar-refractivity contribution in [3.63, 3.8) is 0 Å². The van der Waals surface area contributed by atoms with E-state index in [2.05, 4.69) is 9.97 Å². The molecule has 0 amide bonds. The van der Waals surface area contributed by atoms with Crippen molar-refractivity contribution in [2.45, 2.75) is 19.8 Å². The molecule has 6 nitrogen and oxygen atoms in total. The number of imidazole rings is 1. The summed E-state index contributed by atoms with van der Waals surface area (Å²) in [6.07, 6.45) is 1.74. The van der Waals surface area contributed by atoms with Crippen molar-refractivity contribution in [2.75, 3.05) is 0 Å². The number of H-pyrrole nitrogens is 1. The lowest BCUT2D eigenvalue weighted by Crippen LogP contribution is -2.29. The average molecular weight is 222 g/mol.